The second-order valence-corrected chi connectivity index (χ2v) is 7.80. The Morgan fingerprint density at radius 1 is 1.03 bits per heavy atom. The van der Waals surface area contributed by atoms with E-state index >= 15 is 0 Å². The minimum atomic E-state index is -0.734. The maximum absolute atomic E-state index is 12.9. The van der Waals surface area contributed by atoms with Gasteiger partial charge in [-0.1, -0.05) is 19.1 Å². The summed E-state index contributed by atoms with van der Waals surface area (Å²) in [5.74, 6) is -0.436. The molecular weight excluding hydrogens is 440 g/mol. The van der Waals surface area contributed by atoms with Gasteiger partial charge in [-0.3, -0.25) is 4.79 Å². The van der Waals surface area contributed by atoms with E-state index in [4.69, 9.17) is 23.0 Å². The third kappa shape index (κ3) is 4.80. The van der Waals surface area contributed by atoms with Crippen molar-refractivity contribution in [1.29, 1.82) is 0 Å². The number of carbonyl (C=O) groups is 2. The van der Waals surface area contributed by atoms with E-state index in [2.05, 4.69) is 0 Å². The number of esters is 2. The van der Waals surface area contributed by atoms with Crippen LogP contribution in [0.5, 0.6) is 11.5 Å². The van der Waals surface area contributed by atoms with Crippen LogP contribution in [0.3, 0.4) is 0 Å². The Labute approximate surface area is 195 Å². The van der Waals surface area contributed by atoms with Gasteiger partial charge in [0.15, 0.2) is 11.3 Å². The number of para-hydroxylation sites is 1. The van der Waals surface area contributed by atoms with Crippen LogP contribution in [-0.4, -0.2) is 25.7 Å². The summed E-state index contributed by atoms with van der Waals surface area (Å²) in [6.07, 6.45) is 1.10. The largest absolute Gasteiger partial charge is 0.493 e. The number of rotatable bonds is 8. The van der Waals surface area contributed by atoms with Crippen LogP contribution >= 0.6 is 0 Å². The van der Waals surface area contributed by atoms with Crippen LogP contribution in [-0.2, 0) is 16.0 Å². The Morgan fingerprint density at radius 3 is 2.62 bits per heavy atom. The molecule has 4 aromatic rings. The Morgan fingerprint density at radius 2 is 1.85 bits per heavy atom. The van der Waals surface area contributed by atoms with Crippen LogP contribution in [0.25, 0.3) is 21.9 Å². The molecule has 2 aromatic heterocycles. The number of methoxy groups -OCH3 is 1. The number of fused-ring (bicyclic) bond motifs is 2. The van der Waals surface area contributed by atoms with Crippen LogP contribution in [0.2, 0.25) is 0 Å². The minimum absolute atomic E-state index is 0.0152. The highest BCUT2D eigenvalue weighted by Crippen LogP contribution is 2.31. The van der Waals surface area contributed by atoms with Crippen molar-refractivity contribution in [1.82, 2.24) is 0 Å². The van der Waals surface area contributed by atoms with Crippen molar-refractivity contribution < 1.29 is 32.6 Å². The van der Waals surface area contributed by atoms with Crippen LogP contribution in [0.4, 0.5) is 0 Å². The summed E-state index contributed by atoms with van der Waals surface area (Å²) < 4.78 is 27.1. The normalized spacial score (nSPS) is 11.0. The first kappa shape index (κ1) is 23.1. The lowest BCUT2D eigenvalue weighted by Crippen LogP contribution is -2.11. The molecule has 0 N–H and O–H groups in total. The van der Waals surface area contributed by atoms with Gasteiger partial charge in [-0.25, -0.2) is 9.59 Å². The zero-order valence-electron chi connectivity index (χ0n) is 19.1. The van der Waals surface area contributed by atoms with Gasteiger partial charge in [0, 0.05) is 29.3 Å². The molecule has 0 aliphatic heterocycles. The monoisotopic (exact) mass is 464 g/mol. The van der Waals surface area contributed by atoms with Gasteiger partial charge >= 0.3 is 17.6 Å². The summed E-state index contributed by atoms with van der Waals surface area (Å²) in [4.78, 5) is 36.8. The summed E-state index contributed by atoms with van der Waals surface area (Å²) in [6, 6.07) is 11.5. The van der Waals surface area contributed by atoms with Crippen LogP contribution in [0.1, 0.15) is 41.4 Å². The van der Waals surface area contributed by atoms with Crippen LogP contribution in [0.15, 0.2) is 56.1 Å². The van der Waals surface area contributed by atoms with Crippen molar-refractivity contribution in [2.75, 3.05) is 13.7 Å². The predicted molar refractivity (Wildman–Crippen MR) is 125 cm³/mol. The maximum atomic E-state index is 12.9. The molecule has 8 nitrogen and oxygen atoms in total. The number of hydrogen-bond acceptors (Lipinski definition) is 8. The fourth-order valence-electron chi connectivity index (χ4n) is 3.65. The van der Waals surface area contributed by atoms with E-state index in [1.165, 1.54) is 19.2 Å². The third-order valence-corrected chi connectivity index (χ3v) is 5.33. The van der Waals surface area contributed by atoms with E-state index in [1.54, 1.807) is 37.3 Å². The van der Waals surface area contributed by atoms with Crippen LogP contribution in [0, 0.1) is 6.92 Å². The molecule has 0 radical (unpaired) electrons. The van der Waals surface area contributed by atoms with Crippen LogP contribution < -0.4 is 15.1 Å². The van der Waals surface area contributed by atoms with Gasteiger partial charge in [0.25, 0.3) is 0 Å². The molecule has 176 valence electrons. The smallest absolute Gasteiger partial charge is 0.379 e. The lowest BCUT2D eigenvalue weighted by Gasteiger charge is -2.12. The van der Waals surface area contributed by atoms with Crippen molar-refractivity contribution in [2.45, 2.75) is 33.1 Å². The van der Waals surface area contributed by atoms with Gasteiger partial charge in [0.1, 0.15) is 11.3 Å². The number of carbonyl (C=O) groups excluding carboxylic acids is 2. The summed E-state index contributed by atoms with van der Waals surface area (Å²) in [5.41, 5.74) is 1.50. The summed E-state index contributed by atoms with van der Waals surface area (Å²) in [5, 5.41) is 1.37. The molecular formula is C26H24O8. The van der Waals surface area contributed by atoms with Crippen molar-refractivity contribution >= 4 is 33.9 Å². The Kier molecular flexibility index (Phi) is 6.67. The molecule has 8 heteroatoms. The Hall–Kier alpha value is -4.07. The molecule has 0 fully saturated rings. The number of furan rings is 1. The van der Waals surface area contributed by atoms with Gasteiger partial charge in [-0.15, -0.1) is 0 Å². The summed E-state index contributed by atoms with van der Waals surface area (Å²) >= 11 is 0. The second kappa shape index (κ2) is 9.82. The molecule has 0 spiro atoms. The first-order valence-electron chi connectivity index (χ1n) is 10.9. The Bertz CT molecular complexity index is 1430. The Balaban J connectivity index is 1.68. The molecule has 0 unspecified atom stereocenters. The number of ether oxygens (including phenoxy) is 3. The summed E-state index contributed by atoms with van der Waals surface area (Å²) in [7, 11) is 1.51. The fourth-order valence-corrected chi connectivity index (χ4v) is 3.65. The molecule has 34 heavy (non-hydrogen) atoms. The molecule has 0 atom stereocenters. The van der Waals surface area contributed by atoms with Crippen molar-refractivity contribution in [3.8, 4) is 11.5 Å². The molecule has 0 aliphatic rings. The lowest BCUT2D eigenvalue weighted by molar-refractivity contribution is -0.143. The van der Waals surface area contributed by atoms with Gasteiger partial charge in [0.05, 0.1) is 13.7 Å². The molecule has 0 aliphatic carbocycles. The SMILES string of the molecule is CCCOC(=O)CCc1cc2c(C)cc(=O)oc2cc1OC(=O)c1cc2cccc(OC)c2o1. The molecule has 0 amide bonds. The third-order valence-electron chi connectivity index (χ3n) is 5.33. The standard InChI is InChI=1S/C26H24O8/c1-4-10-31-23(27)9-8-16-12-18-15(2)11-24(28)32-21(18)14-20(16)34-26(29)22-13-17-6-5-7-19(30-3)25(17)33-22/h5-7,11-14H,4,8-10H2,1-3H3. The quantitative estimate of drug-likeness (QED) is 0.205. The first-order valence-corrected chi connectivity index (χ1v) is 10.9. The van der Waals surface area contributed by atoms with E-state index < -0.39 is 11.6 Å². The summed E-state index contributed by atoms with van der Waals surface area (Å²) in [6.45, 7) is 4.04. The van der Waals surface area contributed by atoms with Crippen molar-refractivity contribution in [2.24, 2.45) is 0 Å². The maximum Gasteiger partial charge on any atom is 0.379 e. The number of benzene rings is 2. The molecule has 0 saturated carbocycles. The van der Waals surface area contributed by atoms with E-state index in [0.717, 1.165) is 6.42 Å². The minimum Gasteiger partial charge on any atom is -0.493 e. The zero-order valence-corrected chi connectivity index (χ0v) is 19.1. The average Bonchev–Trinajstić information content (AvgIpc) is 3.26. The van der Waals surface area contributed by atoms with E-state index in [9.17, 15) is 14.4 Å². The number of hydrogen-bond donors (Lipinski definition) is 0. The lowest BCUT2D eigenvalue weighted by atomic mass is 10.0. The molecule has 0 bridgehead atoms. The molecule has 2 aromatic carbocycles. The molecule has 0 saturated heterocycles. The highest BCUT2D eigenvalue weighted by atomic mass is 16.6. The first-order chi connectivity index (χ1) is 16.4. The highest BCUT2D eigenvalue weighted by molar-refractivity contribution is 5.96. The van der Waals surface area contributed by atoms with Gasteiger partial charge in [-0.2, -0.15) is 0 Å². The van der Waals surface area contributed by atoms with Gasteiger partial charge < -0.3 is 23.0 Å². The topological polar surface area (TPSA) is 105 Å². The highest BCUT2D eigenvalue weighted by Gasteiger charge is 2.20. The predicted octanol–water partition coefficient (Wildman–Crippen LogP) is 4.96. The second-order valence-electron chi connectivity index (χ2n) is 7.80. The fraction of sp³-hybridized carbons (Fsp3) is 0.269. The average molecular weight is 464 g/mol. The van der Waals surface area contributed by atoms with Gasteiger partial charge in [0.2, 0.25) is 5.76 Å². The van der Waals surface area contributed by atoms with E-state index in [-0.39, 0.29) is 35.9 Å². The van der Waals surface area contributed by atoms with E-state index in [1.807, 2.05) is 6.92 Å². The van der Waals surface area contributed by atoms with Crippen molar-refractivity contribution in [3.05, 3.63) is 69.8 Å². The van der Waals surface area contributed by atoms with E-state index in [0.29, 0.717) is 39.8 Å². The molecule has 2 heterocycles. The zero-order chi connectivity index (χ0) is 24.2. The van der Waals surface area contributed by atoms with Crippen molar-refractivity contribution in [3.63, 3.8) is 0 Å². The van der Waals surface area contributed by atoms with Gasteiger partial charge in [-0.05, 0) is 49.1 Å². The number of aryl methyl sites for hydroxylation is 2. The molecule has 4 rings (SSSR count).